The summed E-state index contributed by atoms with van der Waals surface area (Å²) in [5, 5.41) is 4.17. The van der Waals surface area contributed by atoms with E-state index in [4.69, 9.17) is 26.6 Å². The Kier molecular flexibility index (Phi) is 7.75. The van der Waals surface area contributed by atoms with Crippen LogP contribution in [0.4, 0.5) is 11.8 Å². The van der Waals surface area contributed by atoms with Crippen LogP contribution in [0.1, 0.15) is 43.9 Å². The maximum Gasteiger partial charge on any atom is 0.229 e. The molecule has 0 spiro atoms. The molecular formula is C30H36ClN7O. The minimum absolute atomic E-state index is 0.0275. The van der Waals surface area contributed by atoms with Gasteiger partial charge in [-0.2, -0.15) is 9.97 Å². The van der Waals surface area contributed by atoms with Gasteiger partial charge in [0.15, 0.2) is 17.0 Å². The van der Waals surface area contributed by atoms with Gasteiger partial charge in [0.05, 0.1) is 12.9 Å². The highest BCUT2D eigenvalue weighted by Gasteiger charge is 2.27. The molecule has 204 valence electrons. The second kappa shape index (κ2) is 11.2. The van der Waals surface area contributed by atoms with Crippen LogP contribution in [0.3, 0.4) is 0 Å². The van der Waals surface area contributed by atoms with Crippen molar-refractivity contribution in [3.8, 4) is 0 Å². The highest BCUT2D eigenvalue weighted by molar-refractivity contribution is 6.31. The number of carbonyl (C=O) groups is 1. The van der Waals surface area contributed by atoms with Crippen LogP contribution in [0.25, 0.3) is 11.2 Å². The van der Waals surface area contributed by atoms with Gasteiger partial charge in [0.1, 0.15) is 0 Å². The largest absolute Gasteiger partial charge is 0.364 e. The predicted octanol–water partition coefficient (Wildman–Crippen LogP) is 5.53. The van der Waals surface area contributed by atoms with Crippen molar-refractivity contribution < 1.29 is 4.79 Å². The molecule has 3 heterocycles. The van der Waals surface area contributed by atoms with Crippen molar-refractivity contribution in [2.45, 2.75) is 47.2 Å². The number of aromatic nitrogens is 4. The Hall–Kier alpha value is -3.65. The summed E-state index contributed by atoms with van der Waals surface area (Å²) in [6.45, 7) is 12.2. The van der Waals surface area contributed by atoms with Gasteiger partial charge in [-0.3, -0.25) is 4.79 Å². The molecule has 2 aromatic heterocycles. The quantitative estimate of drug-likeness (QED) is 0.329. The molecule has 4 aromatic rings. The highest BCUT2D eigenvalue weighted by atomic mass is 35.5. The number of nitrogens with one attached hydrogen (secondary N) is 1. The maximum absolute atomic E-state index is 12.8. The number of hydrogen-bond donors (Lipinski definition) is 1. The van der Waals surface area contributed by atoms with Crippen LogP contribution >= 0.6 is 11.6 Å². The van der Waals surface area contributed by atoms with E-state index in [2.05, 4.69) is 66.7 Å². The number of carbonyl (C=O) groups excluding carboxylic acids is 1. The number of aryl methyl sites for hydroxylation is 1. The second-order valence-corrected chi connectivity index (χ2v) is 11.9. The molecule has 1 aliphatic rings. The Balaban J connectivity index is 1.43. The molecule has 0 radical (unpaired) electrons. The first kappa shape index (κ1) is 26.9. The van der Waals surface area contributed by atoms with Gasteiger partial charge in [0.2, 0.25) is 11.9 Å². The van der Waals surface area contributed by atoms with Crippen LogP contribution < -0.4 is 10.2 Å². The highest BCUT2D eigenvalue weighted by Crippen LogP contribution is 2.26. The molecule has 0 unspecified atom stereocenters. The number of imidazole rings is 1. The number of piperazine rings is 1. The fraction of sp³-hybridized carbons (Fsp3) is 0.400. The molecule has 0 saturated carbocycles. The summed E-state index contributed by atoms with van der Waals surface area (Å²) in [4.78, 5) is 31.5. The van der Waals surface area contributed by atoms with Crippen molar-refractivity contribution in [2.75, 3.05) is 36.4 Å². The minimum Gasteiger partial charge on any atom is -0.364 e. The maximum atomic E-state index is 12.8. The van der Waals surface area contributed by atoms with Crippen molar-refractivity contribution in [3.05, 3.63) is 76.6 Å². The molecule has 9 heteroatoms. The van der Waals surface area contributed by atoms with Crippen molar-refractivity contribution in [1.82, 2.24) is 24.4 Å². The smallest absolute Gasteiger partial charge is 0.229 e. The molecule has 1 fully saturated rings. The van der Waals surface area contributed by atoms with Gasteiger partial charge >= 0.3 is 0 Å². The normalized spacial score (nSPS) is 14.2. The SMILES string of the molecule is Cc1cccc(Cn2cnc3c(NCc4ccccc4Cl)nc(N4CCN(C(=O)CC(C)(C)C)CC4)nc32)c1. The van der Waals surface area contributed by atoms with Gasteiger partial charge in [-0.1, -0.05) is 80.4 Å². The van der Waals surface area contributed by atoms with Gasteiger partial charge in [-0.05, 0) is 29.5 Å². The first-order valence-electron chi connectivity index (χ1n) is 13.4. The lowest BCUT2D eigenvalue weighted by Crippen LogP contribution is -2.49. The number of halogens is 1. The van der Waals surface area contributed by atoms with Gasteiger partial charge in [-0.25, -0.2) is 4.98 Å². The van der Waals surface area contributed by atoms with E-state index in [-0.39, 0.29) is 11.3 Å². The Bertz CT molecular complexity index is 1470. The van der Waals surface area contributed by atoms with Crippen molar-refractivity contribution in [1.29, 1.82) is 0 Å². The Labute approximate surface area is 235 Å². The molecular weight excluding hydrogens is 510 g/mol. The molecule has 1 N–H and O–H groups in total. The van der Waals surface area contributed by atoms with Crippen molar-refractivity contribution >= 4 is 40.4 Å². The van der Waals surface area contributed by atoms with E-state index in [0.29, 0.717) is 62.5 Å². The van der Waals surface area contributed by atoms with E-state index in [1.165, 1.54) is 11.1 Å². The fourth-order valence-corrected chi connectivity index (χ4v) is 5.06. The van der Waals surface area contributed by atoms with E-state index in [1.54, 1.807) is 0 Å². The lowest BCUT2D eigenvalue weighted by atomic mass is 9.91. The summed E-state index contributed by atoms with van der Waals surface area (Å²) < 4.78 is 2.07. The Morgan fingerprint density at radius 1 is 1.03 bits per heavy atom. The molecule has 1 aliphatic heterocycles. The number of benzene rings is 2. The predicted molar refractivity (Wildman–Crippen MR) is 157 cm³/mol. The average molecular weight is 546 g/mol. The zero-order valence-corrected chi connectivity index (χ0v) is 23.9. The van der Waals surface area contributed by atoms with E-state index in [9.17, 15) is 4.79 Å². The zero-order chi connectivity index (χ0) is 27.6. The standard InChI is InChI=1S/C30H36ClN7O/c1-21-8-7-9-22(16-21)19-38-20-33-26-27(32-18-23-10-5-6-11-24(23)31)34-29(35-28(26)38)37-14-12-36(13-15-37)25(39)17-30(2,3)4/h5-11,16,20H,12-15,17-19H2,1-4H3,(H,32,34,35). The third kappa shape index (κ3) is 6.50. The number of amides is 1. The van der Waals surface area contributed by atoms with Crippen LogP contribution in [0.15, 0.2) is 54.9 Å². The minimum atomic E-state index is -0.0275. The summed E-state index contributed by atoms with van der Waals surface area (Å²) in [5.74, 6) is 1.51. The third-order valence-electron chi connectivity index (χ3n) is 6.89. The summed E-state index contributed by atoms with van der Waals surface area (Å²) in [5.41, 5.74) is 4.85. The van der Waals surface area contributed by atoms with Gasteiger partial charge in [-0.15, -0.1) is 0 Å². The number of fused-ring (bicyclic) bond motifs is 1. The molecule has 2 aromatic carbocycles. The van der Waals surface area contributed by atoms with Gasteiger partial charge < -0.3 is 19.7 Å². The molecule has 1 saturated heterocycles. The first-order valence-corrected chi connectivity index (χ1v) is 13.8. The van der Waals surface area contributed by atoms with Crippen molar-refractivity contribution in [3.63, 3.8) is 0 Å². The average Bonchev–Trinajstić information content (AvgIpc) is 3.30. The summed E-state index contributed by atoms with van der Waals surface area (Å²) >= 11 is 6.42. The fourth-order valence-electron chi connectivity index (χ4n) is 4.86. The van der Waals surface area contributed by atoms with Crippen LogP contribution in [0, 0.1) is 12.3 Å². The number of hydrogen-bond acceptors (Lipinski definition) is 6. The van der Waals surface area contributed by atoms with Crippen LogP contribution in [0.2, 0.25) is 5.02 Å². The lowest BCUT2D eigenvalue weighted by molar-refractivity contribution is -0.133. The summed E-state index contributed by atoms with van der Waals surface area (Å²) in [6, 6.07) is 16.2. The van der Waals surface area contributed by atoms with E-state index in [1.807, 2.05) is 35.5 Å². The first-order chi connectivity index (χ1) is 18.7. The monoisotopic (exact) mass is 545 g/mol. The third-order valence-corrected chi connectivity index (χ3v) is 7.26. The van der Waals surface area contributed by atoms with Gasteiger partial charge in [0.25, 0.3) is 0 Å². The molecule has 0 bridgehead atoms. The van der Waals surface area contributed by atoms with E-state index < -0.39 is 0 Å². The molecule has 1 amide bonds. The molecule has 39 heavy (non-hydrogen) atoms. The van der Waals surface area contributed by atoms with Gasteiger partial charge in [0, 0.05) is 44.2 Å². The molecule has 8 nitrogen and oxygen atoms in total. The number of nitrogens with zero attached hydrogens (tertiary/aromatic N) is 6. The zero-order valence-electron chi connectivity index (χ0n) is 23.1. The number of anilines is 2. The van der Waals surface area contributed by atoms with Crippen LogP contribution in [-0.2, 0) is 17.9 Å². The van der Waals surface area contributed by atoms with Crippen molar-refractivity contribution in [2.24, 2.45) is 5.41 Å². The van der Waals surface area contributed by atoms with E-state index in [0.717, 1.165) is 16.7 Å². The summed E-state index contributed by atoms with van der Waals surface area (Å²) in [6.07, 6.45) is 2.37. The molecule has 5 rings (SSSR count). The lowest BCUT2D eigenvalue weighted by Gasteiger charge is -2.36. The molecule has 0 aliphatic carbocycles. The number of rotatable bonds is 7. The second-order valence-electron chi connectivity index (χ2n) is 11.5. The molecule has 0 atom stereocenters. The van der Waals surface area contributed by atoms with E-state index >= 15 is 0 Å². The Morgan fingerprint density at radius 3 is 2.51 bits per heavy atom. The Morgan fingerprint density at radius 2 is 1.79 bits per heavy atom. The van der Waals surface area contributed by atoms with Crippen LogP contribution in [-0.4, -0.2) is 56.5 Å². The topological polar surface area (TPSA) is 79.2 Å². The summed E-state index contributed by atoms with van der Waals surface area (Å²) in [7, 11) is 0. The van der Waals surface area contributed by atoms with Crippen LogP contribution in [0.5, 0.6) is 0 Å².